The van der Waals surface area contributed by atoms with Crippen LogP contribution in [0.1, 0.15) is 44.7 Å². The molecule has 0 spiro atoms. The first kappa shape index (κ1) is 17.9. The first-order valence-electron chi connectivity index (χ1n) is 9.05. The van der Waals surface area contributed by atoms with Crippen LogP contribution in [-0.4, -0.2) is 54.9 Å². The number of hydrogen-bond donors (Lipinski definition) is 0. The quantitative estimate of drug-likeness (QED) is 0.679. The molecule has 6 nitrogen and oxygen atoms in total. The van der Waals surface area contributed by atoms with Gasteiger partial charge in [-0.05, 0) is 44.6 Å². The summed E-state index contributed by atoms with van der Waals surface area (Å²) >= 11 is 0. The molecule has 2 heterocycles. The summed E-state index contributed by atoms with van der Waals surface area (Å²) in [5.41, 5.74) is 0.986. The van der Waals surface area contributed by atoms with Gasteiger partial charge < -0.3 is 9.30 Å². The van der Waals surface area contributed by atoms with Gasteiger partial charge in [-0.1, -0.05) is 6.92 Å². The minimum absolute atomic E-state index is 0.0986. The van der Waals surface area contributed by atoms with Crippen LogP contribution in [0.25, 0.3) is 0 Å². The lowest BCUT2D eigenvalue weighted by Crippen LogP contribution is -2.29. The van der Waals surface area contributed by atoms with Crippen LogP contribution < -0.4 is 0 Å². The Morgan fingerprint density at radius 3 is 2.75 bits per heavy atom. The third-order valence-corrected chi connectivity index (χ3v) is 5.77. The van der Waals surface area contributed by atoms with Crippen molar-refractivity contribution in [1.82, 2.24) is 14.5 Å². The maximum absolute atomic E-state index is 12.1. The summed E-state index contributed by atoms with van der Waals surface area (Å²) in [6.45, 7) is 6.45. The lowest BCUT2D eigenvalue weighted by molar-refractivity contribution is 0.0932. The van der Waals surface area contributed by atoms with E-state index in [1.165, 1.54) is 19.1 Å². The van der Waals surface area contributed by atoms with E-state index >= 15 is 0 Å². The van der Waals surface area contributed by atoms with Crippen molar-refractivity contribution in [2.75, 3.05) is 26.0 Å². The Hall–Kier alpha value is -0.920. The zero-order chi connectivity index (χ0) is 17.2. The van der Waals surface area contributed by atoms with Gasteiger partial charge in [-0.2, -0.15) is 0 Å². The second kappa shape index (κ2) is 7.54. The molecule has 1 saturated heterocycles. The summed E-state index contributed by atoms with van der Waals surface area (Å²) < 4.78 is 31.8. The first-order chi connectivity index (χ1) is 11.5. The lowest BCUT2D eigenvalue weighted by atomic mass is 10.2. The predicted molar refractivity (Wildman–Crippen MR) is 92.6 cm³/mol. The monoisotopic (exact) mass is 355 g/mol. The second-order valence-corrected chi connectivity index (χ2v) is 9.14. The van der Waals surface area contributed by atoms with E-state index < -0.39 is 9.84 Å². The molecule has 3 rings (SSSR count). The Labute approximate surface area is 145 Å². The summed E-state index contributed by atoms with van der Waals surface area (Å²) in [7, 11) is -3.34. The van der Waals surface area contributed by atoms with Crippen molar-refractivity contribution in [3.05, 3.63) is 11.9 Å². The summed E-state index contributed by atoms with van der Waals surface area (Å²) in [6.07, 6.45) is 8.86. The van der Waals surface area contributed by atoms with Gasteiger partial charge in [-0.25, -0.2) is 13.4 Å². The molecular weight excluding hydrogens is 326 g/mol. The fraction of sp³-hybridized carbons (Fsp3) is 0.824. The molecule has 1 aromatic heterocycles. The van der Waals surface area contributed by atoms with Gasteiger partial charge in [0.15, 0.2) is 0 Å². The highest BCUT2D eigenvalue weighted by Crippen LogP contribution is 2.30. The molecule has 1 saturated carbocycles. The standard InChI is InChI=1S/C17H29N3O3S/c1-3-8-19(11-14-6-7-14)12-15-10-18-17(24(2,21)22)20(15)13-16-5-4-9-23-16/h10,14,16H,3-9,11-13H2,1-2H3/t16-/m0/s1. The molecule has 0 N–H and O–H groups in total. The number of ether oxygens (including phenoxy) is 1. The van der Waals surface area contributed by atoms with Gasteiger partial charge in [-0.15, -0.1) is 0 Å². The van der Waals surface area contributed by atoms with Crippen LogP contribution in [0.15, 0.2) is 11.4 Å². The van der Waals surface area contributed by atoms with Gasteiger partial charge in [0, 0.05) is 26.0 Å². The zero-order valence-electron chi connectivity index (χ0n) is 14.8. The number of hydrogen-bond acceptors (Lipinski definition) is 5. The van der Waals surface area contributed by atoms with E-state index in [1.807, 2.05) is 4.57 Å². The summed E-state index contributed by atoms with van der Waals surface area (Å²) in [6, 6.07) is 0. The molecular formula is C17H29N3O3S. The maximum Gasteiger partial charge on any atom is 0.227 e. The summed E-state index contributed by atoms with van der Waals surface area (Å²) in [5, 5.41) is 0.177. The number of sulfone groups is 1. The van der Waals surface area contributed by atoms with E-state index in [1.54, 1.807) is 6.20 Å². The molecule has 0 aromatic carbocycles. The predicted octanol–water partition coefficient (Wildman–Crippen LogP) is 2.09. The maximum atomic E-state index is 12.1. The first-order valence-corrected chi connectivity index (χ1v) is 10.9. The second-order valence-electron chi connectivity index (χ2n) is 7.23. The van der Waals surface area contributed by atoms with Crippen molar-refractivity contribution in [2.24, 2.45) is 5.92 Å². The molecule has 1 aliphatic heterocycles. The molecule has 1 atom stereocenters. The van der Waals surface area contributed by atoms with Gasteiger partial charge in [0.05, 0.1) is 24.5 Å². The molecule has 7 heteroatoms. The fourth-order valence-corrected chi connectivity index (χ4v) is 4.28. The van der Waals surface area contributed by atoms with Crippen LogP contribution >= 0.6 is 0 Å². The van der Waals surface area contributed by atoms with Crippen LogP contribution in [-0.2, 0) is 27.7 Å². The molecule has 0 unspecified atom stereocenters. The molecule has 0 bridgehead atoms. The molecule has 2 aliphatic rings. The van der Waals surface area contributed by atoms with Gasteiger partial charge in [0.2, 0.25) is 15.0 Å². The van der Waals surface area contributed by atoms with Crippen molar-refractivity contribution >= 4 is 9.84 Å². The normalized spacial score (nSPS) is 21.7. The SMILES string of the molecule is CCCN(Cc1cnc(S(C)(=O)=O)n1C[C@@H]1CCCO1)CC1CC1. The van der Waals surface area contributed by atoms with E-state index in [0.29, 0.717) is 6.54 Å². The Morgan fingerprint density at radius 1 is 1.38 bits per heavy atom. The fourth-order valence-electron chi connectivity index (χ4n) is 3.45. The van der Waals surface area contributed by atoms with Gasteiger partial charge in [-0.3, -0.25) is 4.90 Å². The van der Waals surface area contributed by atoms with Crippen molar-refractivity contribution in [3.8, 4) is 0 Å². The molecule has 0 radical (unpaired) electrons. The van der Waals surface area contributed by atoms with Crippen molar-refractivity contribution in [1.29, 1.82) is 0 Å². The highest BCUT2D eigenvalue weighted by molar-refractivity contribution is 7.90. The number of imidazole rings is 1. The van der Waals surface area contributed by atoms with Gasteiger partial charge >= 0.3 is 0 Å². The van der Waals surface area contributed by atoms with Crippen LogP contribution in [0.4, 0.5) is 0 Å². The molecule has 24 heavy (non-hydrogen) atoms. The van der Waals surface area contributed by atoms with E-state index in [9.17, 15) is 8.42 Å². The van der Waals surface area contributed by atoms with Gasteiger partial charge in [0.1, 0.15) is 0 Å². The summed E-state index contributed by atoms with van der Waals surface area (Å²) in [5.74, 6) is 0.820. The van der Waals surface area contributed by atoms with Gasteiger partial charge in [0.25, 0.3) is 0 Å². The Morgan fingerprint density at radius 2 is 2.17 bits per heavy atom. The van der Waals surface area contributed by atoms with E-state index in [2.05, 4.69) is 16.8 Å². The lowest BCUT2D eigenvalue weighted by Gasteiger charge is -2.23. The Balaban J connectivity index is 1.80. The highest BCUT2D eigenvalue weighted by atomic mass is 32.2. The van der Waals surface area contributed by atoms with Crippen molar-refractivity contribution in [3.63, 3.8) is 0 Å². The average molecular weight is 356 g/mol. The number of rotatable bonds is 9. The van der Waals surface area contributed by atoms with Crippen LogP contribution in [0, 0.1) is 5.92 Å². The highest BCUT2D eigenvalue weighted by Gasteiger charge is 2.27. The van der Waals surface area contributed by atoms with Crippen molar-refractivity contribution < 1.29 is 13.2 Å². The van der Waals surface area contributed by atoms with Crippen LogP contribution in [0.3, 0.4) is 0 Å². The zero-order valence-corrected chi connectivity index (χ0v) is 15.6. The largest absolute Gasteiger partial charge is 0.376 e. The number of aromatic nitrogens is 2. The van der Waals surface area contributed by atoms with Crippen LogP contribution in [0.5, 0.6) is 0 Å². The molecule has 136 valence electrons. The van der Waals surface area contributed by atoms with Crippen LogP contribution in [0.2, 0.25) is 0 Å². The van der Waals surface area contributed by atoms with E-state index in [-0.39, 0.29) is 11.3 Å². The van der Waals surface area contributed by atoms with E-state index in [4.69, 9.17) is 4.74 Å². The average Bonchev–Trinajstić information content (AvgIpc) is 3.01. The molecule has 2 fully saturated rings. The molecule has 0 amide bonds. The topological polar surface area (TPSA) is 64.4 Å². The van der Waals surface area contributed by atoms with E-state index in [0.717, 1.165) is 57.1 Å². The minimum atomic E-state index is -3.34. The third kappa shape index (κ3) is 4.58. The molecule has 1 aromatic rings. The Kier molecular flexibility index (Phi) is 5.62. The Bertz CT molecular complexity index is 646. The summed E-state index contributed by atoms with van der Waals surface area (Å²) in [4.78, 5) is 6.67. The van der Waals surface area contributed by atoms with Crippen molar-refractivity contribution in [2.45, 2.75) is 63.4 Å². The minimum Gasteiger partial charge on any atom is -0.376 e. The smallest absolute Gasteiger partial charge is 0.227 e. The molecule has 1 aliphatic carbocycles. The third-order valence-electron chi connectivity index (χ3n) is 4.78. The number of nitrogens with zero attached hydrogens (tertiary/aromatic N) is 3.